The molecule has 0 bridgehead atoms. The van der Waals surface area contributed by atoms with E-state index >= 15 is 0 Å². The van der Waals surface area contributed by atoms with E-state index in [2.05, 4.69) is 5.32 Å². The number of fused-ring (bicyclic) bond motifs is 1. The van der Waals surface area contributed by atoms with Crippen LogP contribution in [0.1, 0.15) is 22.3 Å². The van der Waals surface area contributed by atoms with Gasteiger partial charge in [-0.1, -0.05) is 12.1 Å². The third-order valence-electron chi connectivity index (χ3n) is 6.07. The number of aryl methyl sites for hydroxylation is 4. The summed E-state index contributed by atoms with van der Waals surface area (Å²) in [7, 11) is -3.30. The quantitative estimate of drug-likeness (QED) is 0.739. The average molecular weight is 442 g/mol. The van der Waals surface area contributed by atoms with Gasteiger partial charge >= 0.3 is 6.03 Å². The molecule has 4 rings (SSSR count). The largest absolute Gasteiger partial charge is 0.325 e. The van der Waals surface area contributed by atoms with E-state index in [4.69, 9.17) is 0 Å². The minimum atomic E-state index is -3.30. The van der Waals surface area contributed by atoms with E-state index in [9.17, 15) is 18.0 Å². The molecule has 0 spiro atoms. The van der Waals surface area contributed by atoms with Crippen LogP contribution >= 0.6 is 0 Å². The molecule has 2 atom stereocenters. The van der Waals surface area contributed by atoms with Gasteiger partial charge in [0.15, 0.2) is 9.84 Å². The number of sulfone groups is 1. The normalized spacial score (nSPS) is 22.0. The zero-order valence-corrected chi connectivity index (χ0v) is 19.0. The lowest BCUT2D eigenvalue weighted by Gasteiger charge is -2.23. The summed E-state index contributed by atoms with van der Waals surface area (Å²) in [5, 5.41) is 2.83. The molecule has 0 unspecified atom stereocenters. The summed E-state index contributed by atoms with van der Waals surface area (Å²) >= 11 is 0. The molecule has 2 aliphatic heterocycles. The van der Waals surface area contributed by atoms with Gasteiger partial charge < -0.3 is 10.2 Å². The van der Waals surface area contributed by atoms with E-state index in [0.29, 0.717) is 11.4 Å². The van der Waals surface area contributed by atoms with Crippen molar-refractivity contribution in [3.8, 4) is 0 Å². The fraction of sp³-hybridized carbons (Fsp3) is 0.391. The summed E-state index contributed by atoms with van der Waals surface area (Å²) < 4.78 is 24.8. The summed E-state index contributed by atoms with van der Waals surface area (Å²) in [4.78, 5) is 29.0. The van der Waals surface area contributed by atoms with E-state index in [1.807, 2.05) is 64.1 Å². The number of amides is 3. The summed E-state index contributed by atoms with van der Waals surface area (Å²) in [6.45, 7) is 7.64. The number of hydrogen-bond donors (Lipinski definition) is 1. The fourth-order valence-electron chi connectivity index (χ4n) is 4.53. The van der Waals surface area contributed by atoms with Gasteiger partial charge in [0, 0.05) is 11.4 Å². The molecule has 2 aliphatic rings. The van der Waals surface area contributed by atoms with Gasteiger partial charge in [-0.15, -0.1) is 0 Å². The van der Waals surface area contributed by atoms with Crippen molar-refractivity contribution in [1.29, 1.82) is 0 Å². The predicted molar refractivity (Wildman–Crippen MR) is 121 cm³/mol. The second kappa shape index (κ2) is 7.67. The molecule has 8 heteroatoms. The molecule has 0 saturated carbocycles. The van der Waals surface area contributed by atoms with Crippen LogP contribution in [0.5, 0.6) is 0 Å². The highest BCUT2D eigenvalue weighted by molar-refractivity contribution is 7.91. The van der Waals surface area contributed by atoms with E-state index in [1.54, 1.807) is 4.90 Å². The lowest BCUT2D eigenvalue weighted by Crippen LogP contribution is -2.42. The number of nitrogens with one attached hydrogen (secondary N) is 1. The molecule has 1 N–H and O–H groups in total. The lowest BCUT2D eigenvalue weighted by atomic mass is 10.1. The molecule has 2 aromatic rings. The molecule has 7 nitrogen and oxygen atoms in total. The molecule has 0 aromatic heterocycles. The van der Waals surface area contributed by atoms with Gasteiger partial charge in [0.25, 0.3) is 0 Å². The first-order valence-electron chi connectivity index (χ1n) is 10.3. The Morgan fingerprint density at radius 3 is 2.26 bits per heavy atom. The Balaban J connectivity index is 1.60. The molecule has 2 aromatic carbocycles. The second-order valence-corrected chi connectivity index (χ2v) is 10.8. The van der Waals surface area contributed by atoms with Crippen LogP contribution < -0.4 is 10.2 Å². The molecule has 2 saturated heterocycles. The standard InChI is InChI=1S/C23H27N3O4S/c1-14-7-15(2)9-19(8-14)26-21-13-31(29,30)12-20(21)25(23(26)28)11-22(27)24-18-6-5-16(3)17(4)10-18/h5-10,20-21H,11-13H2,1-4H3,(H,24,27)/t20-,21+/m0/s1. The Labute approximate surface area is 183 Å². The van der Waals surface area contributed by atoms with Crippen LogP contribution in [0.3, 0.4) is 0 Å². The Hall–Kier alpha value is -2.87. The minimum absolute atomic E-state index is 0.0916. The number of benzene rings is 2. The first kappa shape index (κ1) is 21.4. The number of carbonyl (C=O) groups is 2. The maximum atomic E-state index is 13.3. The van der Waals surface area contributed by atoms with Gasteiger partial charge in [-0.25, -0.2) is 13.2 Å². The molecule has 3 amide bonds. The SMILES string of the molecule is Cc1cc(C)cc(N2C(=O)N(CC(=O)Nc3ccc(C)c(C)c3)[C@H]3CS(=O)(=O)C[C@H]32)c1. The average Bonchev–Trinajstić information content (AvgIpc) is 3.08. The summed E-state index contributed by atoms with van der Waals surface area (Å²) in [5.41, 5.74) is 5.49. The number of hydrogen-bond acceptors (Lipinski definition) is 4. The Morgan fingerprint density at radius 1 is 0.968 bits per heavy atom. The topological polar surface area (TPSA) is 86.8 Å². The van der Waals surface area contributed by atoms with Crippen molar-refractivity contribution < 1.29 is 18.0 Å². The molecule has 2 fully saturated rings. The van der Waals surface area contributed by atoms with Crippen molar-refractivity contribution in [2.75, 3.05) is 28.3 Å². The Morgan fingerprint density at radius 2 is 1.61 bits per heavy atom. The van der Waals surface area contributed by atoms with Crippen LogP contribution in [-0.2, 0) is 14.6 Å². The van der Waals surface area contributed by atoms with E-state index in [1.165, 1.54) is 4.90 Å². The molecular weight excluding hydrogens is 414 g/mol. The summed E-state index contributed by atoms with van der Waals surface area (Å²) in [6, 6.07) is 10.0. The van der Waals surface area contributed by atoms with Gasteiger partial charge in [0.05, 0.1) is 23.6 Å². The molecular formula is C23H27N3O4S. The summed E-state index contributed by atoms with van der Waals surface area (Å²) in [5.74, 6) is -0.560. The molecule has 164 valence electrons. The first-order chi connectivity index (χ1) is 14.5. The highest BCUT2D eigenvalue weighted by Crippen LogP contribution is 2.35. The highest BCUT2D eigenvalue weighted by atomic mass is 32.2. The van der Waals surface area contributed by atoms with E-state index < -0.39 is 21.9 Å². The van der Waals surface area contributed by atoms with Gasteiger partial charge in [-0.3, -0.25) is 9.69 Å². The number of anilines is 2. The monoisotopic (exact) mass is 441 g/mol. The number of nitrogens with zero attached hydrogens (tertiary/aromatic N) is 2. The van der Waals surface area contributed by atoms with Crippen LogP contribution in [0.2, 0.25) is 0 Å². The highest BCUT2D eigenvalue weighted by Gasteiger charge is 2.54. The molecule has 31 heavy (non-hydrogen) atoms. The zero-order chi connectivity index (χ0) is 22.5. The van der Waals surface area contributed by atoms with Crippen molar-refractivity contribution in [3.05, 3.63) is 58.7 Å². The van der Waals surface area contributed by atoms with Crippen molar-refractivity contribution >= 4 is 33.2 Å². The minimum Gasteiger partial charge on any atom is -0.325 e. The maximum Gasteiger partial charge on any atom is 0.325 e. The number of carbonyl (C=O) groups excluding carboxylic acids is 2. The van der Waals surface area contributed by atoms with Crippen molar-refractivity contribution in [3.63, 3.8) is 0 Å². The number of rotatable bonds is 4. The third kappa shape index (κ3) is 4.17. The maximum absolute atomic E-state index is 13.3. The smallest absolute Gasteiger partial charge is 0.325 e. The van der Waals surface area contributed by atoms with Gasteiger partial charge in [-0.2, -0.15) is 0 Å². The zero-order valence-electron chi connectivity index (χ0n) is 18.2. The lowest BCUT2D eigenvalue weighted by molar-refractivity contribution is -0.116. The van der Waals surface area contributed by atoms with Crippen LogP contribution in [0, 0.1) is 27.7 Å². The van der Waals surface area contributed by atoms with Crippen LogP contribution in [0.4, 0.5) is 16.2 Å². The molecule has 0 radical (unpaired) electrons. The Kier molecular flexibility index (Phi) is 5.29. The fourth-order valence-corrected chi connectivity index (χ4v) is 6.48. The van der Waals surface area contributed by atoms with Crippen molar-refractivity contribution in [1.82, 2.24) is 4.90 Å². The van der Waals surface area contributed by atoms with Gasteiger partial charge in [-0.05, 0) is 74.2 Å². The van der Waals surface area contributed by atoms with E-state index in [-0.39, 0.29) is 30.0 Å². The van der Waals surface area contributed by atoms with Crippen LogP contribution in [0.25, 0.3) is 0 Å². The van der Waals surface area contributed by atoms with Crippen LogP contribution in [0.15, 0.2) is 36.4 Å². The van der Waals surface area contributed by atoms with Crippen LogP contribution in [-0.4, -0.2) is 55.4 Å². The van der Waals surface area contributed by atoms with Gasteiger partial charge in [0.2, 0.25) is 5.91 Å². The number of urea groups is 1. The predicted octanol–water partition coefficient (Wildman–Crippen LogP) is 2.97. The molecule has 2 heterocycles. The van der Waals surface area contributed by atoms with Crippen molar-refractivity contribution in [2.45, 2.75) is 39.8 Å². The second-order valence-electron chi connectivity index (χ2n) is 8.69. The van der Waals surface area contributed by atoms with Gasteiger partial charge in [0.1, 0.15) is 6.54 Å². The van der Waals surface area contributed by atoms with E-state index in [0.717, 1.165) is 22.3 Å². The summed E-state index contributed by atoms with van der Waals surface area (Å²) in [6.07, 6.45) is 0. The first-order valence-corrected chi connectivity index (χ1v) is 12.1. The van der Waals surface area contributed by atoms with Crippen molar-refractivity contribution in [2.24, 2.45) is 0 Å². The Bertz CT molecular complexity index is 1160. The third-order valence-corrected chi connectivity index (χ3v) is 7.77. The molecule has 0 aliphatic carbocycles.